The summed E-state index contributed by atoms with van der Waals surface area (Å²) in [6, 6.07) is -0.686. The van der Waals surface area contributed by atoms with E-state index in [2.05, 4.69) is 20.3 Å². The molecular formula is C10H16N4O4. The molecule has 0 saturated carbocycles. The molecule has 3 N–H and O–H groups in total. The summed E-state index contributed by atoms with van der Waals surface area (Å²) < 4.78 is 4.64. The van der Waals surface area contributed by atoms with Crippen LogP contribution >= 0.6 is 0 Å². The Morgan fingerprint density at radius 2 is 2.11 bits per heavy atom. The summed E-state index contributed by atoms with van der Waals surface area (Å²) in [5.74, 6) is -0.384. The summed E-state index contributed by atoms with van der Waals surface area (Å²) in [6.45, 7) is 3.87. The van der Waals surface area contributed by atoms with E-state index >= 15 is 0 Å². The molecule has 0 aliphatic rings. The molecule has 1 aromatic rings. The Labute approximate surface area is 103 Å². The second-order valence-corrected chi connectivity index (χ2v) is 4.21. The lowest BCUT2D eigenvalue weighted by molar-refractivity contribution is -0.141. The van der Waals surface area contributed by atoms with Crippen molar-refractivity contribution in [1.82, 2.24) is 15.2 Å². The minimum atomic E-state index is -0.705. The highest BCUT2D eigenvalue weighted by Gasteiger charge is 2.22. The maximum Gasteiger partial charge on any atom is 0.342 e. The molecule has 1 heterocycles. The van der Waals surface area contributed by atoms with Crippen molar-refractivity contribution in [3.8, 4) is 0 Å². The lowest BCUT2D eigenvalue weighted by atomic mass is 10.0. The zero-order chi connectivity index (χ0) is 13.7. The summed E-state index contributed by atoms with van der Waals surface area (Å²) in [6.07, 6.45) is 0.479. The van der Waals surface area contributed by atoms with Crippen LogP contribution in [0.5, 0.6) is 0 Å². The molecule has 1 unspecified atom stereocenters. The number of hydrogen-bond donors (Lipinski definition) is 3. The average molecular weight is 256 g/mol. The van der Waals surface area contributed by atoms with Crippen molar-refractivity contribution in [2.24, 2.45) is 5.92 Å². The molecule has 1 atom stereocenters. The molecule has 0 spiro atoms. The average Bonchev–Trinajstić information content (AvgIpc) is 2.30. The Balaban J connectivity index is 2.92. The molecule has 8 heteroatoms. The first-order chi connectivity index (χ1) is 8.43. The van der Waals surface area contributed by atoms with Crippen LogP contribution in [0.15, 0.2) is 9.59 Å². The molecule has 0 amide bonds. The van der Waals surface area contributed by atoms with E-state index in [1.165, 1.54) is 7.11 Å². The van der Waals surface area contributed by atoms with Gasteiger partial charge in [-0.15, -0.1) is 5.10 Å². The van der Waals surface area contributed by atoms with Crippen molar-refractivity contribution in [3.63, 3.8) is 0 Å². The molecule has 100 valence electrons. The van der Waals surface area contributed by atoms with Gasteiger partial charge in [0.15, 0.2) is 0 Å². The van der Waals surface area contributed by atoms with E-state index in [4.69, 9.17) is 0 Å². The van der Waals surface area contributed by atoms with Gasteiger partial charge in [0, 0.05) is 0 Å². The standard InChI is InChI=1S/C10H16N4O4/c1-5(2)4-6(9(16)18-3)11-7-8(15)12-10(17)14-13-7/h5-6H,4H2,1-3H3,(H,11,13)(H2,12,14,15,17). The minimum absolute atomic E-state index is 0.120. The number of rotatable bonds is 5. The maximum atomic E-state index is 11.5. The molecule has 0 fully saturated rings. The number of ether oxygens (including phenoxy) is 1. The van der Waals surface area contributed by atoms with E-state index in [0.717, 1.165) is 0 Å². The van der Waals surface area contributed by atoms with Crippen molar-refractivity contribution in [2.75, 3.05) is 12.4 Å². The van der Waals surface area contributed by atoms with Gasteiger partial charge in [-0.05, 0) is 12.3 Å². The van der Waals surface area contributed by atoms with Gasteiger partial charge in [0.05, 0.1) is 7.11 Å². The fraction of sp³-hybridized carbons (Fsp3) is 0.600. The number of esters is 1. The van der Waals surface area contributed by atoms with Crippen LogP contribution < -0.4 is 16.6 Å². The van der Waals surface area contributed by atoms with Crippen molar-refractivity contribution in [3.05, 3.63) is 20.8 Å². The molecular weight excluding hydrogens is 240 g/mol. The van der Waals surface area contributed by atoms with Crippen LogP contribution in [0.3, 0.4) is 0 Å². The number of aromatic amines is 2. The van der Waals surface area contributed by atoms with Gasteiger partial charge in [-0.1, -0.05) is 13.8 Å². The van der Waals surface area contributed by atoms with Crippen LogP contribution in [-0.4, -0.2) is 34.3 Å². The summed E-state index contributed by atoms with van der Waals surface area (Å²) in [5, 5.41) is 8.28. The highest BCUT2D eigenvalue weighted by Crippen LogP contribution is 2.09. The number of H-pyrrole nitrogens is 2. The first-order valence-corrected chi connectivity index (χ1v) is 5.47. The maximum absolute atomic E-state index is 11.5. The van der Waals surface area contributed by atoms with Crippen LogP contribution in [0.1, 0.15) is 20.3 Å². The zero-order valence-electron chi connectivity index (χ0n) is 10.4. The highest BCUT2D eigenvalue weighted by atomic mass is 16.5. The molecule has 18 heavy (non-hydrogen) atoms. The van der Waals surface area contributed by atoms with Crippen LogP contribution in [0.2, 0.25) is 0 Å². The molecule has 0 bridgehead atoms. The van der Waals surface area contributed by atoms with Crippen LogP contribution in [-0.2, 0) is 9.53 Å². The summed E-state index contributed by atoms with van der Waals surface area (Å²) >= 11 is 0. The Bertz CT molecular complexity index is 519. The largest absolute Gasteiger partial charge is 0.467 e. The predicted molar refractivity (Wildman–Crippen MR) is 64.4 cm³/mol. The van der Waals surface area contributed by atoms with E-state index in [-0.39, 0.29) is 11.7 Å². The second kappa shape index (κ2) is 5.99. The third kappa shape index (κ3) is 3.72. The van der Waals surface area contributed by atoms with E-state index < -0.39 is 23.3 Å². The lowest BCUT2D eigenvalue weighted by Gasteiger charge is -2.17. The Morgan fingerprint density at radius 3 is 2.61 bits per heavy atom. The number of nitrogens with zero attached hydrogens (tertiary/aromatic N) is 1. The zero-order valence-corrected chi connectivity index (χ0v) is 10.4. The topological polar surface area (TPSA) is 117 Å². The first kappa shape index (κ1) is 13.9. The Kier molecular flexibility index (Phi) is 4.64. The number of carbonyl (C=O) groups excluding carboxylic acids is 1. The fourth-order valence-corrected chi connectivity index (χ4v) is 1.44. The SMILES string of the molecule is COC(=O)C(CC(C)C)Nc1n[nH]c(=O)[nH]c1=O. The summed E-state index contributed by atoms with van der Waals surface area (Å²) in [7, 11) is 1.27. The van der Waals surface area contributed by atoms with Gasteiger partial charge in [0.1, 0.15) is 6.04 Å². The first-order valence-electron chi connectivity index (χ1n) is 5.47. The van der Waals surface area contributed by atoms with Crippen molar-refractivity contribution in [2.45, 2.75) is 26.3 Å². The van der Waals surface area contributed by atoms with Crippen LogP contribution in [0.25, 0.3) is 0 Å². The monoisotopic (exact) mass is 256 g/mol. The fourth-order valence-electron chi connectivity index (χ4n) is 1.44. The molecule has 0 aliphatic carbocycles. The second-order valence-electron chi connectivity index (χ2n) is 4.21. The summed E-state index contributed by atoms with van der Waals surface area (Å²) in [4.78, 5) is 35.8. The predicted octanol–water partition coefficient (Wildman–Crippen LogP) is -0.542. The molecule has 0 radical (unpaired) electrons. The van der Waals surface area contributed by atoms with E-state index in [1.807, 2.05) is 18.8 Å². The van der Waals surface area contributed by atoms with Crippen molar-refractivity contribution < 1.29 is 9.53 Å². The number of carbonyl (C=O) groups is 1. The molecule has 8 nitrogen and oxygen atoms in total. The van der Waals surface area contributed by atoms with E-state index in [9.17, 15) is 14.4 Å². The van der Waals surface area contributed by atoms with Crippen molar-refractivity contribution in [1.29, 1.82) is 0 Å². The number of aromatic nitrogens is 3. The Hall–Kier alpha value is -2.12. The molecule has 0 aliphatic heterocycles. The van der Waals surface area contributed by atoms with Gasteiger partial charge >= 0.3 is 11.7 Å². The number of anilines is 1. The molecule has 1 aromatic heterocycles. The molecule has 0 saturated heterocycles. The van der Waals surface area contributed by atoms with Gasteiger partial charge in [0.25, 0.3) is 5.56 Å². The molecule has 0 aromatic carbocycles. The highest BCUT2D eigenvalue weighted by molar-refractivity contribution is 5.78. The lowest BCUT2D eigenvalue weighted by Crippen LogP contribution is -2.36. The van der Waals surface area contributed by atoms with Crippen LogP contribution in [0.4, 0.5) is 5.82 Å². The number of hydrogen-bond acceptors (Lipinski definition) is 6. The third-order valence-corrected chi connectivity index (χ3v) is 2.22. The van der Waals surface area contributed by atoms with E-state index in [0.29, 0.717) is 6.42 Å². The number of methoxy groups -OCH3 is 1. The van der Waals surface area contributed by atoms with Gasteiger partial charge in [-0.25, -0.2) is 14.7 Å². The quantitative estimate of drug-likeness (QED) is 0.609. The van der Waals surface area contributed by atoms with Crippen LogP contribution in [0, 0.1) is 5.92 Å². The Morgan fingerprint density at radius 1 is 1.44 bits per heavy atom. The van der Waals surface area contributed by atoms with Crippen molar-refractivity contribution >= 4 is 11.8 Å². The van der Waals surface area contributed by atoms with Gasteiger partial charge in [-0.2, -0.15) is 0 Å². The smallest absolute Gasteiger partial charge is 0.342 e. The third-order valence-electron chi connectivity index (χ3n) is 2.22. The minimum Gasteiger partial charge on any atom is -0.467 e. The van der Waals surface area contributed by atoms with E-state index in [1.54, 1.807) is 0 Å². The molecule has 1 rings (SSSR count). The van der Waals surface area contributed by atoms with Gasteiger partial charge in [0.2, 0.25) is 5.82 Å². The van der Waals surface area contributed by atoms with Gasteiger partial charge < -0.3 is 10.1 Å². The number of nitrogens with one attached hydrogen (secondary N) is 3. The normalized spacial score (nSPS) is 12.2. The summed E-state index contributed by atoms with van der Waals surface area (Å²) in [5.41, 5.74) is -1.39. The van der Waals surface area contributed by atoms with Gasteiger partial charge in [-0.3, -0.25) is 9.78 Å².